The normalized spacial score (nSPS) is 23.4. The standard InChI is InChI=1S/C13H17F3N2O2S/c14-13(15,16)10-5-1-2-7-12(10)21(19,20)18-11-6-3-4-9(11)8-17/h1-2,5,7,9,11,18H,3-4,6,8,17H2. The maximum absolute atomic E-state index is 12.9. The molecule has 118 valence electrons. The zero-order valence-electron chi connectivity index (χ0n) is 11.2. The Morgan fingerprint density at radius 3 is 2.52 bits per heavy atom. The highest BCUT2D eigenvalue weighted by Crippen LogP contribution is 2.34. The van der Waals surface area contributed by atoms with Crippen LogP contribution >= 0.6 is 0 Å². The largest absolute Gasteiger partial charge is 0.417 e. The fourth-order valence-corrected chi connectivity index (χ4v) is 4.24. The number of hydrogen-bond donors (Lipinski definition) is 2. The van der Waals surface area contributed by atoms with Crippen molar-refractivity contribution in [1.29, 1.82) is 0 Å². The summed E-state index contributed by atoms with van der Waals surface area (Å²) in [4.78, 5) is -0.736. The summed E-state index contributed by atoms with van der Waals surface area (Å²) >= 11 is 0. The molecule has 0 radical (unpaired) electrons. The van der Waals surface area contributed by atoms with Crippen LogP contribution in [0.5, 0.6) is 0 Å². The van der Waals surface area contributed by atoms with Gasteiger partial charge in [-0.1, -0.05) is 18.6 Å². The molecule has 2 unspecified atom stereocenters. The molecule has 1 aliphatic carbocycles. The van der Waals surface area contributed by atoms with Crippen LogP contribution in [0, 0.1) is 5.92 Å². The Morgan fingerprint density at radius 1 is 1.24 bits per heavy atom. The van der Waals surface area contributed by atoms with Gasteiger partial charge >= 0.3 is 6.18 Å². The fourth-order valence-electron chi connectivity index (χ4n) is 2.67. The van der Waals surface area contributed by atoms with Crippen molar-refractivity contribution in [3.8, 4) is 0 Å². The molecule has 1 aliphatic rings. The van der Waals surface area contributed by atoms with Crippen molar-refractivity contribution in [1.82, 2.24) is 4.72 Å². The van der Waals surface area contributed by atoms with Gasteiger partial charge in [-0.05, 0) is 37.4 Å². The number of nitrogens with one attached hydrogen (secondary N) is 1. The summed E-state index contributed by atoms with van der Waals surface area (Å²) in [6, 6.07) is 3.78. The monoisotopic (exact) mass is 322 g/mol. The highest BCUT2D eigenvalue weighted by Gasteiger charge is 2.38. The van der Waals surface area contributed by atoms with Crippen molar-refractivity contribution >= 4 is 10.0 Å². The molecule has 0 bridgehead atoms. The summed E-state index contributed by atoms with van der Waals surface area (Å²) in [6.07, 6.45) is -2.52. The molecule has 8 heteroatoms. The molecule has 0 amide bonds. The van der Waals surface area contributed by atoms with Crippen LogP contribution in [0.1, 0.15) is 24.8 Å². The third-order valence-corrected chi connectivity index (χ3v) is 5.30. The lowest BCUT2D eigenvalue weighted by molar-refractivity contribution is -0.139. The molecular formula is C13H17F3N2O2S. The molecular weight excluding hydrogens is 305 g/mol. The smallest absolute Gasteiger partial charge is 0.330 e. The van der Waals surface area contributed by atoms with Gasteiger partial charge in [-0.25, -0.2) is 13.1 Å². The topological polar surface area (TPSA) is 72.2 Å². The molecule has 0 heterocycles. The van der Waals surface area contributed by atoms with E-state index < -0.39 is 32.7 Å². The summed E-state index contributed by atoms with van der Waals surface area (Å²) in [6.45, 7) is 0.314. The molecule has 1 fully saturated rings. The van der Waals surface area contributed by atoms with E-state index in [0.29, 0.717) is 13.0 Å². The molecule has 0 aromatic heterocycles. The van der Waals surface area contributed by atoms with Gasteiger partial charge in [0.2, 0.25) is 10.0 Å². The van der Waals surface area contributed by atoms with Gasteiger partial charge < -0.3 is 5.73 Å². The van der Waals surface area contributed by atoms with Gasteiger partial charge in [0.15, 0.2) is 0 Å². The molecule has 0 saturated heterocycles. The molecule has 4 nitrogen and oxygen atoms in total. The second-order valence-electron chi connectivity index (χ2n) is 5.15. The number of rotatable bonds is 4. The number of alkyl halides is 3. The van der Waals surface area contributed by atoms with Crippen LogP contribution in [-0.4, -0.2) is 21.0 Å². The Labute approximate surface area is 121 Å². The molecule has 0 spiro atoms. The summed E-state index contributed by atoms with van der Waals surface area (Å²) in [5, 5.41) is 0. The van der Waals surface area contributed by atoms with Crippen molar-refractivity contribution in [3.05, 3.63) is 29.8 Å². The van der Waals surface area contributed by atoms with Gasteiger partial charge in [-0.3, -0.25) is 0 Å². The quantitative estimate of drug-likeness (QED) is 0.892. The SMILES string of the molecule is NCC1CCCC1NS(=O)(=O)c1ccccc1C(F)(F)F. The van der Waals surface area contributed by atoms with E-state index in [2.05, 4.69) is 4.72 Å². The zero-order valence-corrected chi connectivity index (χ0v) is 12.0. The predicted octanol–water partition coefficient (Wildman–Crippen LogP) is 2.11. The van der Waals surface area contributed by atoms with Crippen molar-refractivity contribution in [2.75, 3.05) is 6.54 Å². The number of nitrogens with two attached hydrogens (primary N) is 1. The van der Waals surface area contributed by atoms with Gasteiger partial charge in [0.05, 0.1) is 10.5 Å². The first kappa shape index (κ1) is 16.3. The summed E-state index contributed by atoms with van der Waals surface area (Å²) < 4.78 is 65.7. The molecule has 2 atom stereocenters. The van der Waals surface area contributed by atoms with Crippen LogP contribution < -0.4 is 10.5 Å². The Bertz CT molecular complexity index is 602. The second-order valence-corrected chi connectivity index (χ2v) is 6.83. The number of halogens is 3. The Morgan fingerprint density at radius 2 is 1.90 bits per heavy atom. The third-order valence-electron chi connectivity index (χ3n) is 3.75. The molecule has 1 aromatic carbocycles. The first-order valence-corrected chi connectivity index (χ1v) is 8.12. The highest BCUT2D eigenvalue weighted by molar-refractivity contribution is 7.89. The van der Waals surface area contributed by atoms with Gasteiger partial charge in [0.25, 0.3) is 0 Å². The molecule has 0 aliphatic heterocycles. The minimum Gasteiger partial charge on any atom is -0.330 e. The van der Waals surface area contributed by atoms with E-state index in [-0.39, 0.29) is 5.92 Å². The Balaban J connectivity index is 2.32. The van der Waals surface area contributed by atoms with Crippen LogP contribution in [0.25, 0.3) is 0 Å². The van der Waals surface area contributed by atoms with Gasteiger partial charge in [-0.15, -0.1) is 0 Å². The Kier molecular flexibility index (Phi) is 4.60. The Hall–Kier alpha value is -1.12. The van der Waals surface area contributed by atoms with Gasteiger partial charge in [-0.2, -0.15) is 13.2 Å². The number of hydrogen-bond acceptors (Lipinski definition) is 3. The maximum Gasteiger partial charge on any atom is 0.417 e. The first-order chi connectivity index (χ1) is 9.75. The van der Waals surface area contributed by atoms with Crippen LogP contribution in [0.15, 0.2) is 29.2 Å². The van der Waals surface area contributed by atoms with Crippen molar-refractivity contribution in [3.63, 3.8) is 0 Å². The lowest BCUT2D eigenvalue weighted by Crippen LogP contribution is -2.40. The molecule has 1 aromatic rings. The average Bonchev–Trinajstić information content (AvgIpc) is 2.84. The van der Waals surface area contributed by atoms with E-state index in [1.165, 1.54) is 12.1 Å². The molecule has 3 N–H and O–H groups in total. The van der Waals surface area contributed by atoms with E-state index >= 15 is 0 Å². The van der Waals surface area contributed by atoms with Gasteiger partial charge in [0, 0.05) is 6.04 Å². The third kappa shape index (κ3) is 3.56. The lowest BCUT2D eigenvalue weighted by Gasteiger charge is -2.21. The molecule has 21 heavy (non-hydrogen) atoms. The minimum atomic E-state index is -4.71. The van der Waals surface area contributed by atoms with E-state index in [9.17, 15) is 21.6 Å². The minimum absolute atomic E-state index is 0.0298. The number of benzene rings is 1. The van der Waals surface area contributed by atoms with Gasteiger partial charge in [0.1, 0.15) is 0 Å². The second kappa shape index (κ2) is 5.94. The summed E-state index contributed by atoms with van der Waals surface area (Å²) in [5.74, 6) is -0.0298. The fraction of sp³-hybridized carbons (Fsp3) is 0.538. The first-order valence-electron chi connectivity index (χ1n) is 6.64. The van der Waals surface area contributed by atoms with Crippen LogP contribution in [0.2, 0.25) is 0 Å². The highest BCUT2D eigenvalue weighted by atomic mass is 32.2. The van der Waals surface area contributed by atoms with E-state index in [1.807, 2.05) is 0 Å². The van der Waals surface area contributed by atoms with E-state index in [4.69, 9.17) is 5.73 Å². The van der Waals surface area contributed by atoms with E-state index in [0.717, 1.165) is 25.0 Å². The van der Waals surface area contributed by atoms with Crippen molar-refractivity contribution in [2.45, 2.75) is 36.4 Å². The summed E-state index contributed by atoms with van der Waals surface area (Å²) in [7, 11) is -4.23. The predicted molar refractivity (Wildman–Crippen MR) is 71.9 cm³/mol. The zero-order chi connectivity index (χ0) is 15.7. The number of sulfonamides is 1. The van der Waals surface area contributed by atoms with Crippen LogP contribution in [0.4, 0.5) is 13.2 Å². The average molecular weight is 322 g/mol. The lowest BCUT2D eigenvalue weighted by atomic mass is 10.1. The van der Waals surface area contributed by atoms with Crippen molar-refractivity contribution < 1.29 is 21.6 Å². The maximum atomic E-state index is 12.9. The molecule has 1 saturated carbocycles. The van der Waals surface area contributed by atoms with Crippen LogP contribution in [0.3, 0.4) is 0 Å². The van der Waals surface area contributed by atoms with Crippen LogP contribution in [-0.2, 0) is 16.2 Å². The molecule has 2 rings (SSSR count). The van der Waals surface area contributed by atoms with E-state index in [1.54, 1.807) is 0 Å². The summed E-state index contributed by atoms with van der Waals surface area (Å²) in [5.41, 5.74) is 4.41. The van der Waals surface area contributed by atoms with Crippen molar-refractivity contribution in [2.24, 2.45) is 11.7 Å².